The molecule has 0 aromatic heterocycles. The second-order valence-corrected chi connectivity index (χ2v) is 4.34. The van der Waals surface area contributed by atoms with Crippen molar-refractivity contribution in [2.75, 3.05) is 7.11 Å². The number of hydrogen-bond acceptors (Lipinski definition) is 1. The first-order valence-electron chi connectivity index (χ1n) is 6.54. The molecule has 0 aliphatic heterocycles. The minimum Gasteiger partial charge on any atom is -0.495 e. The molecule has 0 spiro atoms. The SMILES string of the molecule is CC[C@@H](C#Cc1ccccc1OC)c1ccccc1. The molecule has 0 aliphatic carbocycles. The molecule has 19 heavy (non-hydrogen) atoms. The van der Waals surface area contributed by atoms with Crippen molar-refractivity contribution in [3.63, 3.8) is 0 Å². The second-order valence-electron chi connectivity index (χ2n) is 4.34. The van der Waals surface area contributed by atoms with Gasteiger partial charge in [0.05, 0.1) is 12.7 Å². The molecule has 1 heteroatoms. The topological polar surface area (TPSA) is 9.23 Å². The number of para-hydroxylation sites is 1. The summed E-state index contributed by atoms with van der Waals surface area (Å²) in [5, 5.41) is 0. The molecule has 1 atom stereocenters. The van der Waals surface area contributed by atoms with Crippen LogP contribution in [0.1, 0.15) is 30.4 Å². The third-order valence-corrected chi connectivity index (χ3v) is 3.10. The van der Waals surface area contributed by atoms with Crippen LogP contribution in [0.2, 0.25) is 0 Å². The molecule has 0 unspecified atom stereocenters. The van der Waals surface area contributed by atoms with Gasteiger partial charge >= 0.3 is 0 Å². The quantitative estimate of drug-likeness (QED) is 0.740. The van der Waals surface area contributed by atoms with Crippen LogP contribution in [0.3, 0.4) is 0 Å². The monoisotopic (exact) mass is 250 g/mol. The van der Waals surface area contributed by atoms with E-state index < -0.39 is 0 Å². The Balaban J connectivity index is 2.27. The van der Waals surface area contributed by atoms with Gasteiger partial charge in [0.15, 0.2) is 0 Å². The van der Waals surface area contributed by atoms with Gasteiger partial charge in [-0.05, 0) is 24.1 Å². The molecule has 2 aromatic rings. The summed E-state index contributed by atoms with van der Waals surface area (Å²) in [7, 11) is 1.68. The van der Waals surface area contributed by atoms with Gasteiger partial charge in [-0.15, -0.1) is 0 Å². The Morgan fingerprint density at radius 1 is 1.00 bits per heavy atom. The zero-order valence-electron chi connectivity index (χ0n) is 11.4. The number of benzene rings is 2. The van der Waals surface area contributed by atoms with Crippen molar-refractivity contribution in [1.29, 1.82) is 0 Å². The molecule has 0 saturated heterocycles. The first kappa shape index (κ1) is 13.2. The van der Waals surface area contributed by atoms with E-state index in [1.54, 1.807) is 7.11 Å². The van der Waals surface area contributed by atoms with Gasteiger partial charge in [-0.25, -0.2) is 0 Å². The van der Waals surface area contributed by atoms with E-state index in [1.807, 2.05) is 30.3 Å². The summed E-state index contributed by atoms with van der Waals surface area (Å²) < 4.78 is 5.31. The molecule has 2 aromatic carbocycles. The standard InChI is InChI=1S/C18H18O/c1-3-15(16-9-5-4-6-10-16)13-14-17-11-7-8-12-18(17)19-2/h4-12,15H,3H2,1-2H3/t15-/m0/s1. The molecule has 0 bridgehead atoms. The lowest BCUT2D eigenvalue weighted by Crippen LogP contribution is -1.94. The van der Waals surface area contributed by atoms with Crippen LogP contribution in [-0.2, 0) is 0 Å². The molecule has 0 saturated carbocycles. The van der Waals surface area contributed by atoms with Gasteiger partial charge in [-0.2, -0.15) is 0 Å². The van der Waals surface area contributed by atoms with Crippen LogP contribution in [0.25, 0.3) is 0 Å². The molecule has 0 radical (unpaired) electrons. The maximum absolute atomic E-state index is 5.31. The molecule has 1 nitrogen and oxygen atoms in total. The van der Waals surface area contributed by atoms with E-state index in [4.69, 9.17) is 4.74 Å². The first-order chi connectivity index (χ1) is 9.35. The summed E-state index contributed by atoms with van der Waals surface area (Å²) in [6, 6.07) is 18.3. The van der Waals surface area contributed by atoms with Crippen LogP contribution in [0.15, 0.2) is 54.6 Å². The highest BCUT2D eigenvalue weighted by atomic mass is 16.5. The van der Waals surface area contributed by atoms with Crippen LogP contribution >= 0.6 is 0 Å². The van der Waals surface area contributed by atoms with Crippen molar-refractivity contribution >= 4 is 0 Å². The maximum Gasteiger partial charge on any atom is 0.134 e. The molecule has 0 amide bonds. The number of rotatable bonds is 3. The lowest BCUT2D eigenvalue weighted by atomic mass is 9.97. The van der Waals surface area contributed by atoms with Crippen molar-refractivity contribution in [1.82, 2.24) is 0 Å². The lowest BCUT2D eigenvalue weighted by molar-refractivity contribution is 0.413. The van der Waals surface area contributed by atoms with Crippen LogP contribution in [-0.4, -0.2) is 7.11 Å². The Kier molecular flexibility index (Phi) is 4.64. The highest BCUT2D eigenvalue weighted by Crippen LogP contribution is 2.20. The minimum absolute atomic E-state index is 0.270. The van der Waals surface area contributed by atoms with Gasteiger partial charge in [-0.1, -0.05) is 61.2 Å². The van der Waals surface area contributed by atoms with Crippen LogP contribution < -0.4 is 4.74 Å². The molecular weight excluding hydrogens is 232 g/mol. The lowest BCUT2D eigenvalue weighted by Gasteiger charge is -2.07. The fourth-order valence-electron chi connectivity index (χ4n) is 2.02. The van der Waals surface area contributed by atoms with Gasteiger partial charge in [0.1, 0.15) is 5.75 Å². The molecule has 0 N–H and O–H groups in total. The molecule has 2 rings (SSSR count). The predicted molar refractivity (Wildman–Crippen MR) is 79.3 cm³/mol. The average Bonchev–Trinajstić information content (AvgIpc) is 2.49. The molecule has 0 fully saturated rings. The minimum atomic E-state index is 0.270. The average molecular weight is 250 g/mol. The van der Waals surface area contributed by atoms with E-state index in [2.05, 4.69) is 43.0 Å². The highest BCUT2D eigenvalue weighted by molar-refractivity contribution is 5.47. The predicted octanol–water partition coefficient (Wildman–Crippen LogP) is 4.24. The zero-order valence-corrected chi connectivity index (χ0v) is 11.4. The van der Waals surface area contributed by atoms with E-state index in [1.165, 1.54) is 5.56 Å². The third-order valence-electron chi connectivity index (χ3n) is 3.10. The summed E-state index contributed by atoms with van der Waals surface area (Å²) in [5.74, 6) is 7.69. The van der Waals surface area contributed by atoms with Gasteiger partial charge in [0.2, 0.25) is 0 Å². The summed E-state index contributed by atoms with van der Waals surface area (Å²) in [4.78, 5) is 0. The Labute approximate surface area is 115 Å². The van der Waals surface area contributed by atoms with E-state index in [9.17, 15) is 0 Å². The van der Waals surface area contributed by atoms with E-state index in [0.29, 0.717) is 0 Å². The van der Waals surface area contributed by atoms with Gasteiger partial charge in [0.25, 0.3) is 0 Å². The highest BCUT2D eigenvalue weighted by Gasteiger charge is 2.05. The zero-order chi connectivity index (χ0) is 13.5. The second kappa shape index (κ2) is 6.66. The Morgan fingerprint density at radius 2 is 1.68 bits per heavy atom. The van der Waals surface area contributed by atoms with E-state index >= 15 is 0 Å². The Hall–Kier alpha value is -2.20. The fraction of sp³-hybridized carbons (Fsp3) is 0.222. The van der Waals surface area contributed by atoms with Gasteiger partial charge in [-0.3, -0.25) is 0 Å². The van der Waals surface area contributed by atoms with Crippen molar-refractivity contribution in [3.05, 3.63) is 65.7 Å². The van der Waals surface area contributed by atoms with Crippen LogP contribution in [0.4, 0.5) is 0 Å². The van der Waals surface area contributed by atoms with Crippen molar-refractivity contribution in [2.24, 2.45) is 0 Å². The summed E-state index contributed by atoms with van der Waals surface area (Å²) in [5.41, 5.74) is 2.21. The van der Waals surface area contributed by atoms with Crippen molar-refractivity contribution in [2.45, 2.75) is 19.3 Å². The molecule has 0 heterocycles. The number of ether oxygens (including phenoxy) is 1. The summed E-state index contributed by atoms with van der Waals surface area (Å²) in [6.07, 6.45) is 1.01. The number of hydrogen-bond donors (Lipinski definition) is 0. The summed E-state index contributed by atoms with van der Waals surface area (Å²) in [6.45, 7) is 2.16. The largest absolute Gasteiger partial charge is 0.495 e. The Morgan fingerprint density at radius 3 is 2.37 bits per heavy atom. The van der Waals surface area contributed by atoms with E-state index in [-0.39, 0.29) is 5.92 Å². The molecule has 96 valence electrons. The van der Waals surface area contributed by atoms with Gasteiger partial charge in [0, 0.05) is 5.92 Å². The van der Waals surface area contributed by atoms with Crippen molar-refractivity contribution < 1.29 is 4.74 Å². The summed E-state index contributed by atoms with van der Waals surface area (Å²) >= 11 is 0. The number of methoxy groups -OCH3 is 1. The first-order valence-corrected chi connectivity index (χ1v) is 6.54. The third kappa shape index (κ3) is 3.39. The molecular formula is C18H18O. The van der Waals surface area contributed by atoms with Crippen LogP contribution in [0, 0.1) is 11.8 Å². The Bertz CT molecular complexity index is 575. The van der Waals surface area contributed by atoms with Gasteiger partial charge < -0.3 is 4.74 Å². The normalized spacial score (nSPS) is 11.3. The van der Waals surface area contributed by atoms with E-state index in [0.717, 1.165) is 17.7 Å². The maximum atomic E-state index is 5.31. The fourth-order valence-corrected chi connectivity index (χ4v) is 2.02. The molecule has 0 aliphatic rings. The van der Waals surface area contributed by atoms with Crippen LogP contribution in [0.5, 0.6) is 5.75 Å². The van der Waals surface area contributed by atoms with Crippen molar-refractivity contribution in [3.8, 4) is 17.6 Å². The smallest absolute Gasteiger partial charge is 0.134 e.